The molecular formula is C15H24N2O. The third kappa shape index (κ3) is 3.79. The number of nitrogens with zero attached hydrogens (tertiary/aromatic N) is 1. The average molecular weight is 248 g/mol. The average Bonchev–Trinajstić information content (AvgIpc) is 2.46. The van der Waals surface area contributed by atoms with Gasteiger partial charge in [0.1, 0.15) is 0 Å². The molecule has 1 aliphatic heterocycles. The molecule has 3 nitrogen and oxygen atoms in total. The predicted molar refractivity (Wildman–Crippen MR) is 73.5 cm³/mol. The van der Waals surface area contributed by atoms with E-state index in [2.05, 4.69) is 24.0 Å². The van der Waals surface area contributed by atoms with Gasteiger partial charge in [-0.3, -0.25) is 4.98 Å². The van der Waals surface area contributed by atoms with Crippen molar-refractivity contribution >= 4 is 0 Å². The van der Waals surface area contributed by atoms with Gasteiger partial charge in [-0.1, -0.05) is 6.92 Å². The van der Waals surface area contributed by atoms with Crippen molar-refractivity contribution in [2.75, 3.05) is 6.61 Å². The van der Waals surface area contributed by atoms with Crippen molar-refractivity contribution in [2.24, 2.45) is 5.73 Å². The maximum absolute atomic E-state index is 6.29. The highest BCUT2D eigenvalue weighted by molar-refractivity contribution is 5.16. The summed E-state index contributed by atoms with van der Waals surface area (Å²) in [6.45, 7) is 3.13. The first-order chi connectivity index (χ1) is 8.77. The van der Waals surface area contributed by atoms with Crippen LogP contribution in [0.4, 0.5) is 0 Å². The van der Waals surface area contributed by atoms with E-state index in [4.69, 9.17) is 10.5 Å². The Morgan fingerprint density at radius 3 is 2.83 bits per heavy atom. The van der Waals surface area contributed by atoms with Gasteiger partial charge in [0.15, 0.2) is 0 Å². The van der Waals surface area contributed by atoms with Crippen molar-refractivity contribution in [3.63, 3.8) is 0 Å². The maximum atomic E-state index is 6.29. The lowest BCUT2D eigenvalue weighted by Crippen LogP contribution is -2.29. The molecule has 2 N–H and O–H groups in total. The van der Waals surface area contributed by atoms with Gasteiger partial charge >= 0.3 is 0 Å². The quantitative estimate of drug-likeness (QED) is 0.871. The number of hydrogen-bond acceptors (Lipinski definition) is 3. The summed E-state index contributed by atoms with van der Waals surface area (Å²) in [7, 11) is 0. The van der Waals surface area contributed by atoms with Gasteiger partial charge in [-0.25, -0.2) is 0 Å². The second kappa shape index (κ2) is 6.86. The minimum absolute atomic E-state index is 0.206. The molecule has 0 spiro atoms. The number of hydrogen-bond donors (Lipinski definition) is 1. The van der Waals surface area contributed by atoms with Crippen LogP contribution in [0.3, 0.4) is 0 Å². The van der Waals surface area contributed by atoms with Crippen LogP contribution in [0, 0.1) is 0 Å². The summed E-state index contributed by atoms with van der Waals surface area (Å²) in [5, 5.41) is 0. The van der Waals surface area contributed by atoms with Gasteiger partial charge in [0, 0.05) is 25.0 Å². The van der Waals surface area contributed by atoms with Crippen LogP contribution < -0.4 is 5.73 Å². The number of ether oxygens (including phenoxy) is 1. The van der Waals surface area contributed by atoms with Gasteiger partial charge in [-0.05, 0) is 55.7 Å². The summed E-state index contributed by atoms with van der Waals surface area (Å²) in [6, 6.07) is 4.32. The first-order valence-electron chi connectivity index (χ1n) is 7.04. The largest absolute Gasteiger partial charge is 0.378 e. The van der Waals surface area contributed by atoms with E-state index in [1.54, 1.807) is 0 Å². The zero-order valence-corrected chi connectivity index (χ0v) is 11.2. The van der Waals surface area contributed by atoms with Crippen LogP contribution in [-0.4, -0.2) is 23.7 Å². The van der Waals surface area contributed by atoms with Gasteiger partial charge in [-0.15, -0.1) is 0 Å². The highest BCUT2D eigenvalue weighted by Gasteiger charge is 2.19. The molecule has 1 aromatic rings. The molecule has 1 aromatic heterocycles. The minimum atomic E-state index is 0.206. The molecule has 18 heavy (non-hydrogen) atoms. The number of nitrogens with two attached hydrogens (primary N) is 1. The molecule has 0 radical (unpaired) electrons. The monoisotopic (exact) mass is 248 g/mol. The highest BCUT2D eigenvalue weighted by atomic mass is 16.5. The fraction of sp³-hybridized carbons (Fsp3) is 0.667. The highest BCUT2D eigenvalue weighted by Crippen LogP contribution is 2.23. The molecule has 3 atom stereocenters. The molecular weight excluding hydrogens is 224 g/mol. The molecule has 3 heteroatoms. The van der Waals surface area contributed by atoms with Crippen LogP contribution in [0.5, 0.6) is 0 Å². The Morgan fingerprint density at radius 1 is 1.39 bits per heavy atom. The van der Waals surface area contributed by atoms with E-state index in [1.165, 1.54) is 24.8 Å². The molecule has 0 amide bonds. The topological polar surface area (TPSA) is 48.1 Å². The first kappa shape index (κ1) is 13.5. The summed E-state index contributed by atoms with van der Waals surface area (Å²) in [5.74, 6) is 0.386. The van der Waals surface area contributed by atoms with Crippen LogP contribution >= 0.6 is 0 Å². The Kier molecular flexibility index (Phi) is 5.14. The van der Waals surface area contributed by atoms with E-state index in [1.807, 2.05) is 12.4 Å². The third-order valence-electron chi connectivity index (χ3n) is 3.97. The number of rotatable bonds is 5. The van der Waals surface area contributed by atoms with Gasteiger partial charge < -0.3 is 10.5 Å². The van der Waals surface area contributed by atoms with E-state index in [0.717, 1.165) is 19.4 Å². The van der Waals surface area contributed by atoms with Crippen LogP contribution in [0.15, 0.2) is 24.5 Å². The lowest BCUT2D eigenvalue weighted by Gasteiger charge is -2.26. The molecule has 1 saturated heterocycles. The molecule has 100 valence electrons. The Balaban J connectivity index is 1.78. The van der Waals surface area contributed by atoms with Crippen LogP contribution in [0.25, 0.3) is 0 Å². The van der Waals surface area contributed by atoms with Crippen molar-refractivity contribution in [1.82, 2.24) is 4.98 Å². The van der Waals surface area contributed by atoms with Gasteiger partial charge in [-0.2, -0.15) is 0 Å². The Labute approximate surface area is 110 Å². The van der Waals surface area contributed by atoms with Gasteiger partial charge in [0.2, 0.25) is 0 Å². The lowest BCUT2D eigenvalue weighted by molar-refractivity contribution is 0.00885. The standard InChI is InChI=1S/C15H24N2O/c1-12(13-7-9-17-10-8-13)15(16)6-5-14-4-2-3-11-18-14/h7-10,12,14-15H,2-6,11,16H2,1H3. The molecule has 0 aliphatic carbocycles. The fourth-order valence-electron chi connectivity index (χ4n) is 2.58. The molecule has 0 bridgehead atoms. The first-order valence-corrected chi connectivity index (χ1v) is 7.04. The molecule has 0 aromatic carbocycles. The van der Waals surface area contributed by atoms with Gasteiger partial charge in [0.05, 0.1) is 6.10 Å². The van der Waals surface area contributed by atoms with Crippen LogP contribution in [0.1, 0.15) is 50.5 Å². The van der Waals surface area contributed by atoms with Crippen molar-refractivity contribution in [3.8, 4) is 0 Å². The lowest BCUT2D eigenvalue weighted by atomic mass is 9.90. The fourth-order valence-corrected chi connectivity index (χ4v) is 2.58. The Hall–Kier alpha value is -0.930. The predicted octanol–water partition coefficient (Wildman–Crippen LogP) is 2.86. The maximum Gasteiger partial charge on any atom is 0.0575 e. The summed E-state index contributed by atoms with van der Waals surface area (Å²) < 4.78 is 5.75. The summed E-state index contributed by atoms with van der Waals surface area (Å²) in [5.41, 5.74) is 7.57. The van der Waals surface area contributed by atoms with Crippen LogP contribution in [0.2, 0.25) is 0 Å². The number of aromatic nitrogens is 1. The van der Waals surface area contributed by atoms with E-state index in [9.17, 15) is 0 Å². The van der Waals surface area contributed by atoms with E-state index >= 15 is 0 Å². The van der Waals surface area contributed by atoms with Crippen molar-refractivity contribution in [1.29, 1.82) is 0 Å². The van der Waals surface area contributed by atoms with E-state index in [-0.39, 0.29) is 6.04 Å². The molecule has 0 saturated carbocycles. The Bertz CT molecular complexity index is 336. The van der Waals surface area contributed by atoms with E-state index < -0.39 is 0 Å². The second-order valence-corrected chi connectivity index (χ2v) is 5.30. The molecule has 2 heterocycles. The summed E-state index contributed by atoms with van der Waals surface area (Å²) >= 11 is 0. The third-order valence-corrected chi connectivity index (χ3v) is 3.97. The van der Waals surface area contributed by atoms with Crippen molar-refractivity contribution in [2.45, 2.75) is 57.1 Å². The molecule has 3 unspecified atom stereocenters. The molecule has 1 fully saturated rings. The van der Waals surface area contributed by atoms with Crippen LogP contribution in [-0.2, 0) is 4.74 Å². The SMILES string of the molecule is CC(c1ccncc1)C(N)CCC1CCCCO1. The minimum Gasteiger partial charge on any atom is -0.378 e. The van der Waals surface area contributed by atoms with Crippen molar-refractivity contribution < 1.29 is 4.74 Å². The molecule has 2 rings (SSSR count). The normalized spacial score (nSPS) is 23.6. The second-order valence-electron chi connectivity index (χ2n) is 5.30. The van der Waals surface area contributed by atoms with E-state index in [0.29, 0.717) is 12.0 Å². The molecule has 1 aliphatic rings. The van der Waals surface area contributed by atoms with Gasteiger partial charge in [0.25, 0.3) is 0 Å². The summed E-state index contributed by atoms with van der Waals surface area (Å²) in [4.78, 5) is 4.05. The zero-order valence-electron chi connectivity index (χ0n) is 11.2. The van der Waals surface area contributed by atoms with Crippen molar-refractivity contribution in [3.05, 3.63) is 30.1 Å². The summed E-state index contributed by atoms with van der Waals surface area (Å²) in [6.07, 6.45) is 9.97. The Morgan fingerprint density at radius 2 is 2.17 bits per heavy atom. The number of pyridine rings is 1. The smallest absolute Gasteiger partial charge is 0.0575 e. The zero-order chi connectivity index (χ0) is 12.8.